The van der Waals surface area contributed by atoms with Gasteiger partial charge in [-0.1, -0.05) is 36.0 Å². The third-order valence-corrected chi connectivity index (χ3v) is 7.87. The maximum atomic E-state index is 13.0. The Morgan fingerprint density at radius 3 is 2.73 bits per heavy atom. The average molecular weight is 441 g/mol. The lowest BCUT2D eigenvalue weighted by Gasteiger charge is -2.34. The molecule has 0 aliphatic carbocycles. The fourth-order valence-corrected chi connectivity index (χ4v) is 6.07. The molecule has 3 aromatic rings. The number of piperidine rings is 1. The van der Waals surface area contributed by atoms with Gasteiger partial charge < -0.3 is 14.4 Å². The second kappa shape index (κ2) is 9.06. The highest BCUT2D eigenvalue weighted by molar-refractivity contribution is 8.00. The molecule has 3 heterocycles. The average Bonchev–Trinajstić information content (AvgIpc) is 3.47. The minimum atomic E-state index is -0.150. The van der Waals surface area contributed by atoms with Crippen LogP contribution in [0.2, 0.25) is 0 Å². The lowest BCUT2D eigenvalue weighted by molar-refractivity contribution is -0.0969. The van der Waals surface area contributed by atoms with Gasteiger partial charge in [-0.3, -0.25) is 4.79 Å². The molecule has 0 saturated carbocycles. The SMILES string of the molecule is O=C(c1ccc(CSc2nc3ccccc3s2)cc1)N1CCCC(C2OCCO2)C1. The van der Waals surface area contributed by atoms with E-state index in [1.54, 1.807) is 23.1 Å². The number of aromatic nitrogens is 1. The van der Waals surface area contributed by atoms with E-state index in [-0.39, 0.29) is 18.1 Å². The molecule has 2 saturated heterocycles. The Balaban J connectivity index is 1.19. The first kappa shape index (κ1) is 20.0. The van der Waals surface area contributed by atoms with Crippen molar-refractivity contribution in [3.63, 3.8) is 0 Å². The Hall–Kier alpha value is -1.93. The van der Waals surface area contributed by atoms with E-state index in [0.717, 1.165) is 40.6 Å². The van der Waals surface area contributed by atoms with Crippen molar-refractivity contribution >= 4 is 39.2 Å². The highest BCUT2D eigenvalue weighted by atomic mass is 32.2. The van der Waals surface area contributed by atoms with Crippen LogP contribution in [0.25, 0.3) is 10.2 Å². The Kier molecular flexibility index (Phi) is 6.04. The lowest BCUT2D eigenvalue weighted by atomic mass is 9.96. The number of hydrogen-bond donors (Lipinski definition) is 0. The topological polar surface area (TPSA) is 51.7 Å². The summed E-state index contributed by atoms with van der Waals surface area (Å²) in [4.78, 5) is 19.6. The minimum absolute atomic E-state index is 0.100. The molecule has 0 bridgehead atoms. The zero-order valence-electron chi connectivity index (χ0n) is 16.7. The summed E-state index contributed by atoms with van der Waals surface area (Å²) in [6.07, 6.45) is 1.90. The molecule has 0 N–H and O–H groups in total. The number of fused-ring (bicyclic) bond motifs is 1. The monoisotopic (exact) mass is 440 g/mol. The summed E-state index contributed by atoms with van der Waals surface area (Å²) in [6.45, 7) is 2.83. The van der Waals surface area contributed by atoms with Crippen LogP contribution in [0.5, 0.6) is 0 Å². The van der Waals surface area contributed by atoms with Crippen molar-refractivity contribution in [3.8, 4) is 0 Å². The maximum Gasteiger partial charge on any atom is 0.253 e. The number of para-hydroxylation sites is 1. The fraction of sp³-hybridized carbons (Fsp3) is 0.391. The van der Waals surface area contributed by atoms with Gasteiger partial charge in [0.2, 0.25) is 0 Å². The van der Waals surface area contributed by atoms with Gasteiger partial charge in [0.15, 0.2) is 10.6 Å². The van der Waals surface area contributed by atoms with Crippen LogP contribution in [-0.2, 0) is 15.2 Å². The third kappa shape index (κ3) is 4.39. The molecule has 1 atom stereocenters. The zero-order valence-corrected chi connectivity index (χ0v) is 18.3. The van der Waals surface area contributed by atoms with Crippen LogP contribution in [0.4, 0.5) is 0 Å². The zero-order chi connectivity index (χ0) is 20.3. The number of carbonyl (C=O) groups excluding carboxylic acids is 1. The molecule has 2 aliphatic heterocycles. The van der Waals surface area contributed by atoms with Crippen molar-refractivity contribution in [2.45, 2.75) is 29.2 Å². The Labute approximate surface area is 184 Å². The van der Waals surface area contributed by atoms with E-state index in [1.165, 1.54) is 10.3 Å². The van der Waals surface area contributed by atoms with E-state index in [0.29, 0.717) is 19.8 Å². The van der Waals surface area contributed by atoms with E-state index < -0.39 is 0 Å². The molecule has 5 nitrogen and oxygen atoms in total. The first-order chi connectivity index (χ1) is 14.8. The minimum Gasteiger partial charge on any atom is -0.350 e. The number of amides is 1. The number of carbonyl (C=O) groups is 1. The fourth-order valence-electron chi connectivity index (χ4n) is 4.05. The first-order valence-electron chi connectivity index (χ1n) is 10.4. The molecule has 0 spiro atoms. The van der Waals surface area contributed by atoms with Crippen molar-refractivity contribution in [1.29, 1.82) is 0 Å². The number of thioether (sulfide) groups is 1. The van der Waals surface area contributed by atoms with Crippen molar-refractivity contribution in [2.75, 3.05) is 26.3 Å². The van der Waals surface area contributed by atoms with Crippen LogP contribution in [0.1, 0.15) is 28.8 Å². The molecule has 156 valence electrons. The van der Waals surface area contributed by atoms with Gasteiger partial charge in [0.1, 0.15) is 0 Å². The summed E-state index contributed by atoms with van der Waals surface area (Å²) in [5.41, 5.74) is 3.00. The van der Waals surface area contributed by atoms with Gasteiger partial charge >= 0.3 is 0 Å². The van der Waals surface area contributed by atoms with E-state index in [4.69, 9.17) is 9.47 Å². The molecule has 1 unspecified atom stereocenters. The number of thiazole rings is 1. The number of rotatable bonds is 5. The molecule has 1 amide bonds. The third-order valence-electron chi connectivity index (χ3n) is 5.61. The molecule has 1 aromatic heterocycles. The van der Waals surface area contributed by atoms with E-state index >= 15 is 0 Å². The summed E-state index contributed by atoms with van der Waals surface area (Å²) < 4.78 is 13.6. The smallest absolute Gasteiger partial charge is 0.253 e. The Morgan fingerprint density at radius 1 is 1.13 bits per heavy atom. The summed E-state index contributed by atoms with van der Waals surface area (Å²) in [7, 11) is 0. The Morgan fingerprint density at radius 2 is 1.93 bits per heavy atom. The van der Waals surface area contributed by atoms with Gasteiger partial charge in [-0.15, -0.1) is 11.3 Å². The Bertz CT molecular complexity index is 982. The van der Waals surface area contributed by atoms with Crippen LogP contribution in [-0.4, -0.2) is 48.4 Å². The van der Waals surface area contributed by atoms with Crippen molar-refractivity contribution in [2.24, 2.45) is 5.92 Å². The van der Waals surface area contributed by atoms with Crippen LogP contribution >= 0.6 is 23.1 Å². The number of benzene rings is 2. The van der Waals surface area contributed by atoms with Gasteiger partial charge in [-0.2, -0.15) is 0 Å². The second-order valence-corrected chi connectivity index (χ2v) is 9.95. The van der Waals surface area contributed by atoms with Crippen molar-refractivity contribution in [1.82, 2.24) is 9.88 Å². The summed E-state index contributed by atoms with van der Waals surface area (Å²) >= 11 is 3.46. The summed E-state index contributed by atoms with van der Waals surface area (Å²) in [5, 5.41) is 0. The highest BCUT2D eigenvalue weighted by Gasteiger charge is 2.33. The second-order valence-electron chi connectivity index (χ2n) is 7.70. The van der Waals surface area contributed by atoms with E-state index in [1.807, 2.05) is 35.2 Å². The number of nitrogens with zero attached hydrogens (tertiary/aromatic N) is 2. The van der Waals surface area contributed by atoms with Crippen molar-refractivity contribution in [3.05, 3.63) is 59.7 Å². The van der Waals surface area contributed by atoms with Crippen LogP contribution in [0.15, 0.2) is 52.9 Å². The van der Waals surface area contributed by atoms with E-state index in [9.17, 15) is 4.79 Å². The van der Waals surface area contributed by atoms with Gasteiger partial charge in [-0.05, 0) is 42.7 Å². The number of hydrogen-bond acceptors (Lipinski definition) is 6. The van der Waals surface area contributed by atoms with Gasteiger partial charge in [-0.25, -0.2) is 4.98 Å². The molecule has 2 aliphatic rings. The summed E-state index contributed by atoms with van der Waals surface area (Å²) in [5.74, 6) is 1.22. The molecule has 5 rings (SSSR count). The molecular formula is C23H24N2O3S2. The quantitative estimate of drug-likeness (QED) is 0.533. The van der Waals surface area contributed by atoms with Gasteiger partial charge in [0.05, 0.1) is 23.4 Å². The molecule has 2 aromatic carbocycles. The van der Waals surface area contributed by atoms with E-state index in [2.05, 4.69) is 23.2 Å². The standard InChI is InChI=1S/C23H24N2O3S2/c26-21(25-11-3-4-18(14-25)22-27-12-13-28-22)17-9-7-16(8-10-17)15-29-23-24-19-5-1-2-6-20(19)30-23/h1-2,5-10,18,22H,3-4,11-15H2. The predicted octanol–water partition coefficient (Wildman–Crippen LogP) is 4.81. The molecule has 30 heavy (non-hydrogen) atoms. The number of likely N-dealkylation sites (tertiary alicyclic amines) is 1. The van der Waals surface area contributed by atoms with Crippen LogP contribution in [0, 0.1) is 5.92 Å². The molecule has 7 heteroatoms. The highest BCUT2D eigenvalue weighted by Crippen LogP contribution is 2.31. The lowest BCUT2D eigenvalue weighted by Crippen LogP contribution is -2.43. The molecule has 2 fully saturated rings. The number of ether oxygens (including phenoxy) is 2. The maximum absolute atomic E-state index is 13.0. The van der Waals surface area contributed by atoms with Crippen LogP contribution in [0.3, 0.4) is 0 Å². The normalized spacial score (nSPS) is 20.1. The van der Waals surface area contributed by atoms with Gasteiger partial charge in [0.25, 0.3) is 5.91 Å². The molecular weight excluding hydrogens is 416 g/mol. The predicted molar refractivity (Wildman–Crippen MR) is 120 cm³/mol. The van der Waals surface area contributed by atoms with Crippen molar-refractivity contribution < 1.29 is 14.3 Å². The van der Waals surface area contributed by atoms with Crippen LogP contribution < -0.4 is 0 Å². The van der Waals surface area contributed by atoms with Gasteiger partial charge in [0, 0.05) is 30.3 Å². The summed E-state index contributed by atoms with van der Waals surface area (Å²) in [6, 6.07) is 16.2. The molecule has 0 radical (unpaired) electrons. The first-order valence-corrected chi connectivity index (χ1v) is 12.2. The largest absolute Gasteiger partial charge is 0.350 e.